The Morgan fingerprint density at radius 2 is 2.30 bits per heavy atom. The van der Waals surface area contributed by atoms with E-state index in [1.165, 1.54) is 0 Å². The molecule has 0 radical (unpaired) electrons. The number of aromatic nitrogens is 2. The lowest BCUT2D eigenvalue weighted by molar-refractivity contribution is -0.0481. The number of fused-ring (bicyclic) bond motifs is 3. The summed E-state index contributed by atoms with van der Waals surface area (Å²) in [7, 11) is 0. The number of aliphatic hydroxyl groups excluding tert-OH is 1. The molecular weight excluding hydrogens is 276 g/mol. The smallest absolute Gasteiger partial charge is 0.0956 e. The van der Waals surface area contributed by atoms with Crippen LogP contribution in [0.1, 0.15) is 18.0 Å². The number of halogens is 1. The largest absolute Gasteiger partial charge is 0.393 e. The average Bonchev–Trinajstić information content (AvgIpc) is 3.01. The number of hydrogen-bond acceptors (Lipinski definition) is 3. The number of nitrogens with zero attached hydrogens (tertiary/aromatic N) is 2. The Bertz CT molecular complexity index is 655. The van der Waals surface area contributed by atoms with Crippen LogP contribution < -0.4 is 0 Å². The molecule has 0 saturated carbocycles. The van der Waals surface area contributed by atoms with Crippen molar-refractivity contribution in [3.63, 3.8) is 0 Å². The predicted octanol–water partition coefficient (Wildman–Crippen LogP) is 2.50. The minimum Gasteiger partial charge on any atom is -0.393 e. The highest BCUT2D eigenvalue weighted by molar-refractivity contribution is 6.32. The first-order chi connectivity index (χ1) is 9.77. The molecule has 4 nitrogen and oxygen atoms in total. The van der Waals surface area contributed by atoms with Gasteiger partial charge in [-0.3, -0.25) is 0 Å². The Kier molecular flexibility index (Phi) is 2.84. The van der Waals surface area contributed by atoms with Crippen molar-refractivity contribution in [1.29, 1.82) is 0 Å². The summed E-state index contributed by atoms with van der Waals surface area (Å²) >= 11 is 6.42. The first kappa shape index (κ1) is 12.4. The van der Waals surface area contributed by atoms with E-state index >= 15 is 0 Å². The zero-order valence-corrected chi connectivity index (χ0v) is 11.6. The molecule has 3 heterocycles. The third-order valence-corrected chi connectivity index (χ3v) is 4.69. The van der Waals surface area contributed by atoms with Crippen LogP contribution in [-0.2, 0) is 4.74 Å². The summed E-state index contributed by atoms with van der Waals surface area (Å²) in [4.78, 5) is 4.24. The Morgan fingerprint density at radius 1 is 1.40 bits per heavy atom. The van der Waals surface area contributed by atoms with Crippen LogP contribution in [0.25, 0.3) is 11.3 Å². The molecule has 20 heavy (non-hydrogen) atoms. The second-order valence-corrected chi connectivity index (χ2v) is 5.83. The first-order valence-electron chi connectivity index (χ1n) is 6.84. The Labute approximate surface area is 122 Å². The predicted molar refractivity (Wildman–Crippen MR) is 75.7 cm³/mol. The lowest BCUT2D eigenvalue weighted by atomic mass is 9.86. The van der Waals surface area contributed by atoms with Crippen LogP contribution in [0.4, 0.5) is 0 Å². The van der Waals surface area contributed by atoms with Gasteiger partial charge in [-0.05, 0) is 12.5 Å². The lowest BCUT2D eigenvalue weighted by Crippen LogP contribution is -2.37. The molecular formula is C15H15ClN2O2. The van der Waals surface area contributed by atoms with Gasteiger partial charge in [0.05, 0.1) is 37.0 Å². The summed E-state index contributed by atoms with van der Waals surface area (Å²) < 4.78 is 7.68. The highest BCUT2D eigenvalue weighted by Gasteiger charge is 2.40. The molecule has 3 atom stereocenters. The zero-order valence-electron chi connectivity index (χ0n) is 10.9. The highest BCUT2D eigenvalue weighted by atomic mass is 35.5. The number of ether oxygens (including phenoxy) is 1. The molecule has 0 aliphatic carbocycles. The average molecular weight is 291 g/mol. The monoisotopic (exact) mass is 290 g/mol. The van der Waals surface area contributed by atoms with Crippen molar-refractivity contribution in [1.82, 2.24) is 9.55 Å². The summed E-state index contributed by atoms with van der Waals surface area (Å²) in [5, 5.41) is 11.1. The van der Waals surface area contributed by atoms with E-state index in [9.17, 15) is 5.11 Å². The van der Waals surface area contributed by atoms with Gasteiger partial charge in [0.1, 0.15) is 0 Å². The van der Waals surface area contributed by atoms with Crippen molar-refractivity contribution in [2.75, 3.05) is 13.2 Å². The molecule has 2 aromatic rings. The molecule has 0 spiro atoms. The summed E-state index contributed by atoms with van der Waals surface area (Å²) in [6, 6.07) is 5.93. The molecule has 2 aliphatic heterocycles. The number of rotatable bonds is 1. The van der Waals surface area contributed by atoms with Crippen molar-refractivity contribution < 1.29 is 9.84 Å². The van der Waals surface area contributed by atoms with E-state index in [-0.39, 0.29) is 18.1 Å². The van der Waals surface area contributed by atoms with E-state index < -0.39 is 0 Å². The van der Waals surface area contributed by atoms with Crippen molar-refractivity contribution in [3.8, 4) is 11.3 Å². The Hall–Kier alpha value is -1.36. The second-order valence-electron chi connectivity index (χ2n) is 5.43. The van der Waals surface area contributed by atoms with Crippen LogP contribution in [0.2, 0.25) is 5.02 Å². The molecule has 1 aromatic carbocycles. The highest BCUT2D eigenvalue weighted by Crippen LogP contribution is 2.47. The fraction of sp³-hybridized carbons (Fsp3) is 0.400. The maximum absolute atomic E-state index is 10.4. The van der Waals surface area contributed by atoms with Gasteiger partial charge in [0, 0.05) is 28.7 Å². The van der Waals surface area contributed by atoms with Gasteiger partial charge in [-0.25, -0.2) is 4.98 Å². The molecule has 5 heteroatoms. The molecule has 0 amide bonds. The molecule has 1 aromatic heterocycles. The standard InChI is InChI=1S/C15H15ClN2O2/c16-11-3-1-2-9-12-6-17-8-18(12)15(14(9)11)10-7-20-5-4-13(10)19/h1-3,6,8,10,13,15,19H,4-5,7H2/t10?,13-,15?/m0/s1. The number of aliphatic hydroxyl groups is 1. The molecule has 2 aliphatic rings. The number of imidazole rings is 1. The van der Waals surface area contributed by atoms with E-state index in [0.29, 0.717) is 19.6 Å². The van der Waals surface area contributed by atoms with Gasteiger partial charge in [-0.2, -0.15) is 0 Å². The van der Waals surface area contributed by atoms with Crippen LogP contribution in [-0.4, -0.2) is 34.0 Å². The normalized spacial score (nSPS) is 28.2. The van der Waals surface area contributed by atoms with Gasteiger partial charge < -0.3 is 14.4 Å². The topological polar surface area (TPSA) is 47.3 Å². The Morgan fingerprint density at radius 3 is 3.15 bits per heavy atom. The van der Waals surface area contributed by atoms with Gasteiger partial charge in [-0.1, -0.05) is 23.7 Å². The summed E-state index contributed by atoms with van der Waals surface area (Å²) in [5.74, 6) is 0.0119. The van der Waals surface area contributed by atoms with Crippen LogP contribution in [0.15, 0.2) is 30.7 Å². The molecule has 104 valence electrons. The van der Waals surface area contributed by atoms with Crippen molar-refractivity contribution >= 4 is 11.6 Å². The minimum absolute atomic E-state index is 0.00602. The van der Waals surface area contributed by atoms with Gasteiger partial charge in [0.15, 0.2) is 0 Å². The zero-order chi connectivity index (χ0) is 13.7. The van der Waals surface area contributed by atoms with E-state index in [4.69, 9.17) is 16.3 Å². The molecule has 1 fully saturated rings. The van der Waals surface area contributed by atoms with Crippen LogP contribution in [0.5, 0.6) is 0 Å². The van der Waals surface area contributed by atoms with Gasteiger partial charge in [0.25, 0.3) is 0 Å². The maximum Gasteiger partial charge on any atom is 0.0956 e. The van der Waals surface area contributed by atoms with Crippen molar-refractivity contribution in [3.05, 3.63) is 41.3 Å². The van der Waals surface area contributed by atoms with Crippen LogP contribution in [0.3, 0.4) is 0 Å². The summed E-state index contributed by atoms with van der Waals surface area (Å²) in [5.41, 5.74) is 3.25. The third kappa shape index (κ3) is 1.65. The maximum atomic E-state index is 10.4. The number of benzene rings is 1. The quantitative estimate of drug-likeness (QED) is 0.878. The Balaban J connectivity index is 1.88. The van der Waals surface area contributed by atoms with Crippen LogP contribution >= 0.6 is 11.6 Å². The van der Waals surface area contributed by atoms with E-state index in [2.05, 4.69) is 15.6 Å². The minimum atomic E-state index is -0.369. The number of hydrogen-bond donors (Lipinski definition) is 1. The fourth-order valence-corrected chi connectivity index (χ4v) is 3.69. The van der Waals surface area contributed by atoms with E-state index in [1.54, 1.807) is 0 Å². The molecule has 1 saturated heterocycles. The summed E-state index contributed by atoms with van der Waals surface area (Å²) in [6.07, 6.45) is 3.97. The fourth-order valence-electron chi connectivity index (χ4n) is 3.41. The van der Waals surface area contributed by atoms with Crippen molar-refractivity contribution in [2.45, 2.75) is 18.6 Å². The first-order valence-corrected chi connectivity index (χ1v) is 7.21. The molecule has 4 rings (SSSR count). The summed E-state index contributed by atoms with van der Waals surface area (Å²) in [6.45, 7) is 1.17. The SMILES string of the molecule is O[C@H]1CCOCC1C1c2c(Cl)cccc2-c2cncn21. The molecule has 0 bridgehead atoms. The van der Waals surface area contributed by atoms with E-state index in [1.807, 2.05) is 24.7 Å². The van der Waals surface area contributed by atoms with Crippen molar-refractivity contribution in [2.24, 2.45) is 5.92 Å². The van der Waals surface area contributed by atoms with E-state index in [0.717, 1.165) is 21.8 Å². The third-order valence-electron chi connectivity index (χ3n) is 4.36. The van der Waals surface area contributed by atoms with Gasteiger partial charge in [-0.15, -0.1) is 0 Å². The lowest BCUT2D eigenvalue weighted by Gasteiger charge is -2.33. The molecule has 1 N–H and O–H groups in total. The van der Waals surface area contributed by atoms with Gasteiger partial charge in [0.2, 0.25) is 0 Å². The van der Waals surface area contributed by atoms with Gasteiger partial charge >= 0.3 is 0 Å². The molecule has 2 unspecified atom stereocenters. The second kappa shape index (κ2) is 4.58. The van der Waals surface area contributed by atoms with Crippen LogP contribution in [0, 0.1) is 5.92 Å².